The Morgan fingerprint density at radius 3 is 2.45 bits per heavy atom. The van der Waals surface area contributed by atoms with Gasteiger partial charge < -0.3 is 5.73 Å². The monoisotopic (exact) mass is 463 g/mol. The standard InChI is InChI=1S/C15H17ClN2O.C9H7N.C2H6N2/c1-11(2)5-4-6-15(17-3)12-7-8-13(10-18-19)14(16)9-12;1-2-6-9-8(4-1)5-3-7-10-9;1-4-2-3/h4-9,11H,3,10H2,1-2H3;1-7H;2H,1H3,(H2,3,4)/b5-4-,15-6-;;. The predicted molar refractivity (Wildman–Crippen MR) is 143 cm³/mol. The highest BCUT2D eigenvalue weighted by Crippen LogP contribution is 2.24. The predicted octanol–water partition coefficient (Wildman–Crippen LogP) is 6.70. The summed E-state index contributed by atoms with van der Waals surface area (Å²) in [6.07, 6.45) is 8.96. The van der Waals surface area contributed by atoms with Crippen molar-refractivity contribution in [2.75, 3.05) is 7.05 Å². The number of aliphatic imine (C=N–C) groups is 2. The molecular weight excluding hydrogens is 434 g/mol. The van der Waals surface area contributed by atoms with Crippen LogP contribution in [0.25, 0.3) is 16.6 Å². The van der Waals surface area contributed by atoms with E-state index >= 15 is 0 Å². The minimum atomic E-state index is 0.0763. The summed E-state index contributed by atoms with van der Waals surface area (Å²) in [7, 11) is 1.62. The van der Waals surface area contributed by atoms with Crippen LogP contribution in [0.1, 0.15) is 25.0 Å². The summed E-state index contributed by atoms with van der Waals surface area (Å²) in [5.41, 5.74) is 8.11. The van der Waals surface area contributed by atoms with Gasteiger partial charge in [0.25, 0.3) is 0 Å². The van der Waals surface area contributed by atoms with Gasteiger partial charge in [-0.2, -0.15) is 4.91 Å². The first kappa shape index (κ1) is 27.4. The Bertz CT molecular complexity index is 1040. The van der Waals surface area contributed by atoms with E-state index < -0.39 is 0 Å². The second-order valence-corrected chi connectivity index (χ2v) is 7.44. The van der Waals surface area contributed by atoms with Crippen molar-refractivity contribution >= 4 is 41.3 Å². The molecule has 33 heavy (non-hydrogen) atoms. The first-order chi connectivity index (χ1) is 16.0. The van der Waals surface area contributed by atoms with Crippen LogP contribution >= 0.6 is 11.6 Å². The molecule has 0 aliphatic carbocycles. The molecule has 0 aliphatic heterocycles. The fraction of sp³-hybridized carbons (Fsp3) is 0.192. The lowest BCUT2D eigenvalue weighted by Gasteiger charge is -2.04. The number of fused-ring (bicyclic) bond motifs is 1. The van der Waals surface area contributed by atoms with Crippen LogP contribution in [0.3, 0.4) is 0 Å². The summed E-state index contributed by atoms with van der Waals surface area (Å²) in [6, 6.07) is 17.5. The number of hydrogen-bond donors (Lipinski definition) is 1. The van der Waals surface area contributed by atoms with Crippen molar-refractivity contribution in [2.24, 2.45) is 26.8 Å². The van der Waals surface area contributed by atoms with Crippen molar-refractivity contribution in [2.45, 2.75) is 20.4 Å². The summed E-state index contributed by atoms with van der Waals surface area (Å²) in [4.78, 5) is 21.8. The van der Waals surface area contributed by atoms with Crippen LogP contribution in [0.2, 0.25) is 5.02 Å². The molecule has 0 bridgehead atoms. The summed E-state index contributed by atoms with van der Waals surface area (Å²) >= 11 is 6.09. The molecule has 1 aromatic heterocycles. The molecule has 0 unspecified atom stereocenters. The Balaban J connectivity index is 0.000000320. The van der Waals surface area contributed by atoms with Crippen LogP contribution in [-0.4, -0.2) is 25.1 Å². The molecule has 0 saturated heterocycles. The number of benzene rings is 2. The average Bonchev–Trinajstić information content (AvgIpc) is 2.84. The van der Waals surface area contributed by atoms with Gasteiger partial charge in [-0.05, 0) is 42.5 Å². The normalized spacial score (nSPS) is 11.1. The molecule has 2 N–H and O–H groups in total. The third-order valence-corrected chi connectivity index (χ3v) is 4.52. The smallest absolute Gasteiger partial charge is 0.108 e. The number of nitroso groups, excluding NO2 is 1. The van der Waals surface area contributed by atoms with Crippen LogP contribution in [0.4, 0.5) is 0 Å². The molecule has 7 heteroatoms. The van der Waals surface area contributed by atoms with Gasteiger partial charge in [0.05, 0.1) is 17.6 Å². The van der Waals surface area contributed by atoms with E-state index in [-0.39, 0.29) is 6.54 Å². The largest absolute Gasteiger partial charge is 0.390 e. The molecule has 0 amide bonds. The Morgan fingerprint density at radius 1 is 1.18 bits per heavy atom. The highest BCUT2D eigenvalue weighted by atomic mass is 35.5. The maximum atomic E-state index is 10.2. The van der Waals surface area contributed by atoms with E-state index in [0.717, 1.165) is 16.8 Å². The van der Waals surface area contributed by atoms with E-state index in [2.05, 4.69) is 58.9 Å². The topological polar surface area (TPSA) is 93.1 Å². The van der Waals surface area contributed by atoms with Crippen LogP contribution in [0.15, 0.2) is 94.2 Å². The van der Waals surface area contributed by atoms with E-state index in [1.54, 1.807) is 19.2 Å². The molecule has 172 valence electrons. The number of aromatic nitrogens is 1. The zero-order chi connectivity index (χ0) is 24.5. The molecule has 2 aromatic carbocycles. The van der Waals surface area contributed by atoms with E-state index in [0.29, 0.717) is 16.5 Å². The average molecular weight is 464 g/mol. The van der Waals surface area contributed by atoms with E-state index in [1.165, 1.54) is 11.7 Å². The lowest BCUT2D eigenvalue weighted by Crippen LogP contribution is -1.87. The summed E-state index contributed by atoms with van der Waals surface area (Å²) in [5.74, 6) is 0.479. The van der Waals surface area contributed by atoms with Crippen molar-refractivity contribution in [3.63, 3.8) is 0 Å². The number of pyridine rings is 1. The third kappa shape index (κ3) is 10.5. The molecule has 0 atom stereocenters. The molecule has 0 fully saturated rings. The molecule has 3 aromatic rings. The number of hydrogen-bond acceptors (Lipinski definition) is 5. The Labute approximate surface area is 200 Å². The van der Waals surface area contributed by atoms with Gasteiger partial charge in [-0.15, -0.1) is 0 Å². The summed E-state index contributed by atoms with van der Waals surface area (Å²) < 4.78 is 0. The Hall–Kier alpha value is -3.64. The minimum absolute atomic E-state index is 0.0763. The second-order valence-electron chi connectivity index (χ2n) is 7.04. The van der Waals surface area contributed by atoms with Gasteiger partial charge in [0.1, 0.15) is 6.54 Å². The number of para-hydroxylation sites is 1. The van der Waals surface area contributed by atoms with Gasteiger partial charge in [0.2, 0.25) is 0 Å². The zero-order valence-corrected chi connectivity index (χ0v) is 20.0. The van der Waals surface area contributed by atoms with Gasteiger partial charge in [0.15, 0.2) is 0 Å². The molecule has 1 heterocycles. The van der Waals surface area contributed by atoms with Crippen molar-refractivity contribution < 1.29 is 0 Å². The second kappa shape index (κ2) is 16.1. The van der Waals surface area contributed by atoms with Crippen LogP contribution in [0, 0.1) is 10.8 Å². The van der Waals surface area contributed by atoms with Crippen LogP contribution in [0.5, 0.6) is 0 Å². The Morgan fingerprint density at radius 2 is 1.88 bits per heavy atom. The lowest BCUT2D eigenvalue weighted by atomic mass is 10.1. The maximum Gasteiger partial charge on any atom is 0.108 e. The fourth-order valence-electron chi connectivity index (χ4n) is 2.53. The SMILES string of the molecule is C=N/C(=C\C=C/C(C)C)c1ccc(CN=O)c(Cl)c1.CN=CN.c1ccc2ncccc2c1. The first-order valence-electron chi connectivity index (χ1n) is 10.3. The Kier molecular flexibility index (Phi) is 13.3. The molecular formula is C26H30ClN5O. The summed E-state index contributed by atoms with van der Waals surface area (Å²) in [5, 5.41) is 4.55. The van der Waals surface area contributed by atoms with Crippen LogP contribution in [-0.2, 0) is 6.54 Å². The minimum Gasteiger partial charge on any atom is -0.390 e. The van der Waals surface area contributed by atoms with Crippen molar-refractivity contribution in [3.05, 3.63) is 100 Å². The zero-order valence-electron chi connectivity index (χ0n) is 19.2. The van der Waals surface area contributed by atoms with E-state index in [1.807, 2.05) is 48.7 Å². The molecule has 0 spiro atoms. The number of nitrogens with zero attached hydrogens (tertiary/aromatic N) is 4. The quantitative estimate of drug-likeness (QED) is 0.191. The third-order valence-electron chi connectivity index (χ3n) is 4.17. The number of allylic oxidation sites excluding steroid dienone is 3. The van der Waals surface area contributed by atoms with E-state index in [4.69, 9.17) is 17.3 Å². The lowest BCUT2D eigenvalue weighted by molar-refractivity contribution is 0.832. The highest BCUT2D eigenvalue weighted by Gasteiger charge is 2.04. The van der Waals surface area contributed by atoms with E-state index in [9.17, 15) is 4.91 Å². The van der Waals surface area contributed by atoms with Gasteiger partial charge >= 0.3 is 0 Å². The number of halogens is 1. The van der Waals surface area contributed by atoms with Crippen LogP contribution < -0.4 is 5.73 Å². The summed E-state index contributed by atoms with van der Waals surface area (Å²) in [6.45, 7) is 7.84. The highest BCUT2D eigenvalue weighted by molar-refractivity contribution is 6.31. The maximum absolute atomic E-state index is 10.2. The van der Waals surface area contributed by atoms with Crippen molar-refractivity contribution in [3.8, 4) is 0 Å². The molecule has 0 radical (unpaired) electrons. The van der Waals surface area contributed by atoms with Crippen molar-refractivity contribution in [1.29, 1.82) is 0 Å². The molecule has 0 saturated carbocycles. The molecule has 6 nitrogen and oxygen atoms in total. The fourth-order valence-corrected chi connectivity index (χ4v) is 2.77. The van der Waals surface area contributed by atoms with Gasteiger partial charge in [0, 0.05) is 29.2 Å². The molecule has 0 aliphatic rings. The van der Waals surface area contributed by atoms with Gasteiger partial charge in [-0.1, -0.05) is 79.2 Å². The van der Waals surface area contributed by atoms with Gasteiger partial charge in [-0.3, -0.25) is 15.0 Å². The van der Waals surface area contributed by atoms with Gasteiger partial charge in [-0.25, -0.2) is 0 Å². The van der Waals surface area contributed by atoms with Crippen molar-refractivity contribution in [1.82, 2.24) is 4.98 Å². The number of nitrogens with two attached hydrogens (primary N) is 1. The number of rotatable bonds is 6. The molecule has 3 rings (SSSR count). The first-order valence-corrected chi connectivity index (χ1v) is 10.7.